The van der Waals surface area contributed by atoms with Gasteiger partial charge < -0.3 is 20.3 Å². The van der Waals surface area contributed by atoms with Gasteiger partial charge >= 0.3 is 11.4 Å². The Morgan fingerprint density at radius 1 is 1.23 bits per heavy atom. The van der Waals surface area contributed by atoms with Crippen molar-refractivity contribution in [3.63, 3.8) is 0 Å². The van der Waals surface area contributed by atoms with E-state index >= 15 is 0 Å². The van der Waals surface area contributed by atoms with Gasteiger partial charge in [-0.25, -0.2) is 0 Å². The molecule has 0 bridgehead atoms. The average Bonchev–Trinajstić information content (AvgIpc) is 2.38. The highest BCUT2D eigenvalue weighted by Gasteiger charge is 2.27. The van der Waals surface area contributed by atoms with Gasteiger partial charge in [0.05, 0.1) is 21.9 Å². The molecule has 0 saturated carbocycles. The fraction of sp³-hybridized carbons (Fsp3) is 0.273. The molecule has 0 aliphatic rings. The van der Waals surface area contributed by atoms with Crippen molar-refractivity contribution >= 4 is 23.3 Å². The molecule has 11 heteroatoms. The van der Waals surface area contributed by atoms with Gasteiger partial charge in [-0.3, -0.25) is 25.0 Å². The molecule has 0 aliphatic carbocycles. The van der Waals surface area contributed by atoms with Crippen molar-refractivity contribution in [1.29, 1.82) is 0 Å². The molecule has 1 aromatic carbocycles. The molecule has 0 saturated heterocycles. The standard InChI is InChI=1S/C11H11N3O8/c1-5(15)12-7(11(17)18)2-6-3-8(13(19)20)10(16)9(4-6)14(21)22/h3-4,7,16H,2H2,1H3,(H,12,15)(H,17,18)/p-1. The molecule has 11 nitrogen and oxygen atoms in total. The normalized spacial score (nSPS) is 11.5. The van der Waals surface area contributed by atoms with E-state index in [1.54, 1.807) is 0 Å². The lowest BCUT2D eigenvalue weighted by atomic mass is 10.0. The average molecular weight is 312 g/mol. The maximum absolute atomic E-state index is 10.9. The maximum Gasteiger partial charge on any atom is 0.318 e. The summed E-state index contributed by atoms with van der Waals surface area (Å²) in [4.78, 5) is 41.3. The maximum atomic E-state index is 10.9. The van der Waals surface area contributed by atoms with E-state index < -0.39 is 51.3 Å². The molecule has 2 N–H and O–H groups in total. The number of carbonyl (C=O) groups is 2. The Bertz CT molecular complexity index is 622. The van der Waals surface area contributed by atoms with Gasteiger partial charge in [0.25, 0.3) is 5.75 Å². The zero-order chi connectivity index (χ0) is 17.0. The molecule has 0 heterocycles. The number of carbonyl (C=O) groups excluding carboxylic acids is 2. The highest BCUT2D eigenvalue weighted by atomic mass is 16.6. The summed E-state index contributed by atoms with van der Waals surface area (Å²) in [6, 6.07) is 0.0569. The number of hydrogen-bond acceptors (Lipinski definition) is 8. The Morgan fingerprint density at radius 3 is 2.00 bits per heavy atom. The van der Waals surface area contributed by atoms with Gasteiger partial charge in [0.2, 0.25) is 5.91 Å². The molecule has 1 amide bonds. The van der Waals surface area contributed by atoms with Crippen LogP contribution in [0.4, 0.5) is 11.4 Å². The van der Waals surface area contributed by atoms with E-state index in [9.17, 15) is 40.0 Å². The van der Waals surface area contributed by atoms with Crippen LogP contribution in [0, 0.1) is 20.2 Å². The lowest BCUT2D eigenvalue weighted by Gasteiger charge is -2.18. The summed E-state index contributed by atoms with van der Waals surface area (Å²) in [5, 5.41) is 43.9. The van der Waals surface area contributed by atoms with Crippen LogP contribution in [0.1, 0.15) is 12.5 Å². The van der Waals surface area contributed by atoms with Crippen molar-refractivity contribution in [2.45, 2.75) is 19.4 Å². The van der Waals surface area contributed by atoms with E-state index in [2.05, 4.69) is 0 Å². The van der Waals surface area contributed by atoms with Crippen molar-refractivity contribution in [1.82, 2.24) is 5.32 Å². The van der Waals surface area contributed by atoms with Gasteiger partial charge in [0.15, 0.2) is 0 Å². The largest absolute Gasteiger partial charge is 0.548 e. The fourth-order valence-corrected chi connectivity index (χ4v) is 1.73. The summed E-state index contributed by atoms with van der Waals surface area (Å²) in [6.45, 7) is 1.05. The first kappa shape index (κ1) is 16.8. The van der Waals surface area contributed by atoms with Gasteiger partial charge in [-0.05, 0) is 12.0 Å². The second-order valence-electron chi connectivity index (χ2n) is 4.27. The van der Waals surface area contributed by atoms with Crippen molar-refractivity contribution in [3.8, 4) is 5.75 Å². The summed E-state index contributed by atoms with van der Waals surface area (Å²) >= 11 is 0. The number of benzene rings is 1. The minimum absolute atomic E-state index is 0.126. The van der Waals surface area contributed by atoms with Gasteiger partial charge in [-0.2, -0.15) is 0 Å². The Kier molecular flexibility index (Phi) is 4.95. The summed E-state index contributed by atoms with van der Waals surface area (Å²) in [6.07, 6.45) is -0.482. The van der Waals surface area contributed by atoms with Crippen LogP contribution in [0.15, 0.2) is 12.1 Å². The number of rotatable bonds is 6. The number of amides is 1. The molecule has 0 fully saturated rings. The third-order valence-electron chi connectivity index (χ3n) is 2.62. The lowest BCUT2D eigenvalue weighted by molar-refractivity contribution is -0.396. The lowest BCUT2D eigenvalue weighted by Crippen LogP contribution is -2.48. The molecular formula is C11H10N3O8-. The Morgan fingerprint density at radius 2 is 1.68 bits per heavy atom. The molecule has 1 atom stereocenters. The molecule has 0 aliphatic heterocycles. The van der Waals surface area contributed by atoms with Crippen LogP contribution in [0.3, 0.4) is 0 Å². The number of hydrogen-bond donors (Lipinski definition) is 2. The van der Waals surface area contributed by atoms with Crippen LogP contribution in [-0.2, 0) is 16.0 Å². The number of phenolic OH excluding ortho intramolecular Hbond substituents is 1. The third kappa shape index (κ3) is 3.88. The number of aliphatic carboxylic acids is 1. The smallest absolute Gasteiger partial charge is 0.318 e. The first-order valence-electron chi connectivity index (χ1n) is 5.76. The number of nitro groups is 2. The molecule has 0 radical (unpaired) electrons. The zero-order valence-electron chi connectivity index (χ0n) is 11.1. The minimum atomic E-state index is -1.66. The van der Waals surface area contributed by atoms with Gasteiger partial charge in [0, 0.05) is 19.1 Å². The molecule has 1 rings (SSSR count). The second kappa shape index (κ2) is 6.47. The molecule has 0 aromatic heterocycles. The van der Waals surface area contributed by atoms with Crippen LogP contribution in [-0.4, -0.2) is 32.9 Å². The molecule has 1 aromatic rings. The van der Waals surface area contributed by atoms with Crippen LogP contribution < -0.4 is 10.4 Å². The topological polar surface area (TPSA) is 176 Å². The van der Waals surface area contributed by atoms with E-state index in [0.29, 0.717) is 0 Å². The van der Waals surface area contributed by atoms with E-state index in [-0.39, 0.29) is 5.56 Å². The van der Waals surface area contributed by atoms with Crippen molar-refractivity contribution in [2.24, 2.45) is 0 Å². The Balaban J connectivity index is 3.29. The van der Waals surface area contributed by atoms with Crippen molar-refractivity contribution < 1.29 is 29.6 Å². The van der Waals surface area contributed by atoms with Gasteiger partial charge in [-0.1, -0.05) is 0 Å². The number of carboxylic acid groups (broad SMARTS) is 1. The van der Waals surface area contributed by atoms with Crippen molar-refractivity contribution in [2.75, 3.05) is 0 Å². The third-order valence-corrected chi connectivity index (χ3v) is 2.62. The monoisotopic (exact) mass is 312 g/mol. The summed E-state index contributed by atoms with van der Waals surface area (Å²) in [5.41, 5.74) is -2.01. The predicted molar refractivity (Wildman–Crippen MR) is 67.7 cm³/mol. The quantitative estimate of drug-likeness (QED) is 0.496. The fourth-order valence-electron chi connectivity index (χ4n) is 1.73. The molecule has 1 unspecified atom stereocenters. The van der Waals surface area contributed by atoms with E-state index in [0.717, 1.165) is 19.1 Å². The number of carboxylic acids is 1. The van der Waals surface area contributed by atoms with Gasteiger partial charge in [-0.15, -0.1) is 0 Å². The SMILES string of the molecule is CC(=O)NC(Cc1cc([N+](=O)[O-])c(O)c([N+](=O)[O-])c1)C(=O)[O-]. The molecule has 22 heavy (non-hydrogen) atoms. The van der Waals surface area contributed by atoms with Gasteiger partial charge in [0.1, 0.15) is 0 Å². The molecule has 118 valence electrons. The highest BCUT2D eigenvalue weighted by Crippen LogP contribution is 2.36. The predicted octanol–water partition coefficient (Wildman–Crippen LogP) is -0.994. The van der Waals surface area contributed by atoms with E-state index in [1.807, 2.05) is 5.32 Å². The summed E-state index contributed by atoms with van der Waals surface area (Å²) < 4.78 is 0. The van der Waals surface area contributed by atoms with E-state index in [1.165, 1.54) is 0 Å². The zero-order valence-corrected chi connectivity index (χ0v) is 11.1. The Hall–Kier alpha value is -3.24. The van der Waals surface area contributed by atoms with E-state index in [4.69, 9.17) is 0 Å². The molecular weight excluding hydrogens is 302 g/mol. The summed E-state index contributed by atoms with van der Waals surface area (Å²) in [7, 11) is 0. The number of aromatic hydroxyl groups is 1. The minimum Gasteiger partial charge on any atom is -0.548 e. The first-order chi connectivity index (χ1) is 10.1. The Labute approximate surface area is 122 Å². The first-order valence-corrected chi connectivity index (χ1v) is 5.76. The molecule has 0 spiro atoms. The summed E-state index contributed by atoms with van der Waals surface area (Å²) in [5.74, 6) is -3.48. The second-order valence-corrected chi connectivity index (χ2v) is 4.27. The van der Waals surface area contributed by atoms with Crippen molar-refractivity contribution in [3.05, 3.63) is 37.9 Å². The highest BCUT2D eigenvalue weighted by molar-refractivity contribution is 5.81. The van der Waals surface area contributed by atoms with Crippen LogP contribution in [0.25, 0.3) is 0 Å². The number of nitro benzene ring substituents is 2. The number of phenols is 1. The van der Waals surface area contributed by atoms with Crippen LogP contribution in [0.2, 0.25) is 0 Å². The van der Waals surface area contributed by atoms with Crippen LogP contribution in [0.5, 0.6) is 5.75 Å². The number of nitrogens with one attached hydrogen (secondary N) is 1. The number of nitrogens with zero attached hydrogens (tertiary/aromatic N) is 2. The van der Waals surface area contributed by atoms with Crippen LogP contribution >= 0.6 is 0 Å².